The molecule has 0 aliphatic carbocycles. The quantitative estimate of drug-likeness (QED) is 0.286. The van der Waals surface area contributed by atoms with Gasteiger partial charge in [0.05, 0.1) is 11.7 Å². The van der Waals surface area contributed by atoms with Crippen LogP contribution in [-0.4, -0.2) is 8.75 Å². The Balaban J connectivity index is 1.63. The van der Waals surface area contributed by atoms with Crippen molar-refractivity contribution < 1.29 is 8.78 Å². The number of hydrogen-bond donors (Lipinski definition) is 0. The Morgan fingerprint density at radius 3 is 1.39 bits per heavy atom. The molecule has 5 aromatic carbocycles. The van der Waals surface area contributed by atoms with Crippen molar-refractivity contribution in [3.8, 4) is 22.3 Å². The fraction of sp³-hybridized carbons (Fsp3) is 0. The van der Waals surface area contributed by atoms with E-state index in [1.54, 1.807) is 12.1 Å². The van der Waals surface area contributed by atoms with Crippen LogP contribution in [0.5, 0.6) is 0 Å². The van der Waals surface area contributed by atoms with Gasteiger partial charge in [0.1, 0.15) is 11.0 Å². The van der Waals surface area contributed by atoms with Crippen molar-refractivity contribution in [2.75, 3.05) is 0 Å². The van der Waals surface area contributed by atoms with Gasteiger partial charge in [-0.05, 0) is 44.8 Å². The summed E-state index contributed by atoms with van der Waals surface area (Å²) in [7, 11) is 0. The van der Waals surface area contributed by atoms with Gasteiger partial charge in [-0.1, -0.05) is 72.8 Å². The Kier molecular flexibility index (Phi) is 4.04. The van der Waals surface area contributed by atoms with Gasteiger partial charge in [-0.3, -0.25) is 0 Å². The standard InChI is InChI=1S/C26H14F2N2S/c27-23-21(19-11-9-15-5-1-3-7-17(15)13-19)25-26(30-31-29-25)22(24(23)28)20-12-10-16-6-2-4-8-18(16)14-20/h1-14H. The van der Waals surface area contributed by atoms with Gasteiger partial charge >= 0.3 is 0 Å². The summed E-state index contributed by atoms with van der Waals surface area (Å²) in [5, 5.41) is 3.98. The van der Waals surface area contributed by atoms with Crippen LogP contribution < -0.4 is 0 Å². The van der Waals surface area contributed by atoms with E-state index in [-0.39, 0.29) is 11.1 Å². The molecule has 0 unspecified atom stereocenters. The zero-order valence-corrected chi connectivity index (χ0v) is 17.0. The first kappa shape index (κ1) is 18.1. The van der Waals surface area contributed by atoms with Crippen molar-refractivity contribution in [3.63, 3.8) is 0 Å². The van der Waals surface area contributed by atoms with Crippen molar-refractivity contribution in [3.05, 3.63) is 96.6 Å². The third-order valence-corrected chi connectivity index (χ3v) is 6.20. The van der Waals surface area contributed by atoms with Crippen LogP contribution in [0.15, 0.2) is 84.9 Å². The Bertz CT molecular complexity index is 1500. The van der Waals surface area contributed by atoms with Gasteiger partial charge in [-0.15, -0.1) is 0 Å². The van der Waals surface area contributed by atoms with E-state index in [1.165, 1.54) is 0 Å². The average Bonchev–Trinajstić information content (AvgIpc) is 3.28. The molecule has 0 atom stereocenters. The predicted octanol–water partition coefficient (Wildman–Crippen LogP) is 7.61. The monoisotopic (exact) mass is 424 g/mol. The summed E-state index contributed by atoms with van der Waals surface area (Å²) in [6.45, 7) is 0. The van der Waals surface area contributed by atoms with Gasteiger partial charge < -0.3 is 0 Å². The van der Waals surface area contributed by atoms with Gasteiger partial charge in [-0.25, -0.2) is 8.78 Å². The van der Waals surface area contributed by atoms with Gasteiger partial charge in [-0.2, -0.15) is 8.75 Å². The van der Waals surface area contributed by atoms with E-state index in [2.05, 4.69) is 8.75 Å². The van der Waals surface area contributed by atoms with Gasteiger partial charge in [0, 0.05) is 11.1 Å². The SMILES string of the molecule is Fc1c(F)c(-c2ccc3ccccc3c2)c2nsnc2c1-c1ccc2ccccc2c1. The molecule has 0 radical (unpaired) electrons. The number of nitrogens with zero attached hydrogens (tertiary/aromatic N) is 2. The number of aromatic nitrogens is 2. The second kappa shape index (κ2) is 6.93. The van der Waals surface area contributed by atoms with E-state index in [1.807, 2.05) is 72.8 Å². The third kappa shape index (κ3) is 2.81. The molecule has 2 nitrogen and oxygen atoms in total. The second-order valence-corrected chi connectivity index (χ2v) is 7.99. The molecule has 5 heteroatoms. The summed E-state index contributed by atoms with van der Waals surface area (Å²) in [5.74, 6) is -1.81. The maximum absolute atomic E-state index is 15.5. The fourth-order valence-corrected chi connectivity index (χ4v) is 4.72. The highest BCUT2D eigenvalue weighted by atomic mass is 32.1. The van der Waals surface area contributed by atoms with Crippen LogP contribution in [0.25, 0.3) is 54.8 Å². The van der Waals surface area contributed by atoms with Crippen molar-refractivity contribution in [1.29, 1.82) is 0 Å². The molecule has 1 heterocycles. The number of benzene rings is 5. The van der Waals surface area contributed by atoms with Crippen LogP contribution >= 0.6 is 11.7 Å². The van der Waals surface area contributed by atoms with E-state index in [4.69, 9.17) is 0 Å². The van der Waals surface area contributed by atoms with E-state index < -0.39 is 11.6 Å². The van der Waals surface area contributed by atoms with Crippen molar-refractivity contribution in [2.45, 2.75) is 0 Å². The zero-order chi connectivity index (χ0) is 20.9. The number of halogens is 2. The maximum Gasteiger partial charge on any atom is 0.169 e. The Morgan fingerprint density at radius 1 is 0.516 bits per heavy atom. The summed E-state index contributed by atoms with van der Waals surface area (Å²) in [5.41, 5.74) is 2.22. The van der Waals surface area contributed by atoms with Gasteiger partial charge in [0.15, 0.2) is 11.6 Å². The smallest absolute Gasteiger partial charge is 0.169 e. The molecule has 1 aromatic heterocycles. The molecule has 0 bridgehead atoms. The highest BCUT2D eigenvalue weighted by Crippen LogP contribution is 2.40. The Labute approximate surface area is 180 Å². The number of rotatable bonds is 2. The molecule has 148 valence electrons. The van der Waals surface area contributed by atoms with Crippen LogP contribution in [-0.2, 0) is 0 Å². The molecule has 0 spiro atoms. The lowest BCUT2D eigenvalue weighted by Gasteiger charge is -2.12. The Morgan fingerprint density at radius 2 is 0.935 bits per heavy atom. The first-order valence-corrected chi connectivity index (χ1v) is 10.6. The van der Waals surface area contributed by atoms with E-state index in [0.29, 0.717) is 22.2 Å². The minimum Gasteiger partial charge on any atom is -0.203 e. The van der Waals surface area contributed by atoms with Crippen LogP contribution in [0.3, 0.4) is 0 Å². The van der Waals surface area contributed by atoms with Gasteiger partial charge in [0.2, 0.25) is 0 Å². The summed E-state index contributed by atoms with van der Waals surface area (Å²) < 4.78 is 39.7. The first-order chi connectivity index (χ1) is 15.2. The molecule has 0 aliphatic rings. The van der Waals surface area contributed by atoms with Crippen LogP contribution in [0.2, 0.25) is 0 Å². The number of hydrogen-bond acceptors (Lipinski definition) is 3. The summed E-state index contributed by atoms with van der Waals surface area (Å²) >= 11 is 0.962. The van der Waals surface area contributed by atoms with Gasteiger partial charge in [0.25, 0.3) is 0 Å². The molecule has 6 aromatic rings. The molecular formula is C26H14F2N2S. The van der Waals surface area contributed by atoms with Crippen molar-refractivity contribution in [1.82, 2.24) is 8.75 Å². The number of fused-ring (bicyclic) bond motifs is 3. The minimum absolute atomic E-state index is 0.150. The predicted molar refractivity (Wildman–Crippen MR) is 123 cm³/mol. The normalized spacial score (nSPS) is 11.5. The molecule has 31 heavy (non-hydrogen) atoms. The second-order valence-electron chi connectivity index (χ2n) is 7.46. The van der Waals surface area contributed by atoms with E-state index >= 15 is 8.78 Å². The fourth-order valence-electron chi connectivity index (χ4n) is 4.16. The summed E-state index contributed by atoms with van der Waals surface area (Å²) in [4.78, 5) is 0. The molecule has 0 saturated carbocycles. The highest BCUT2D eigenvalue weighted by molar-refractivity contribution is 7.00. The molecule has 0 fully saturated rings. The van der Waals surface area contributed by atoms with Crippen molar-refractivity contribution >= 4 is 44.3 Å². The lowest BCUT2D eigenvalue weighted by Crippen LogP contribution is -1.97. The summed E-state index contributed by atoms with van der Waals surface area (Å²) in [6.07, 6.45) is 0. The van der Waals surface area contributed by atoms with E-state index in [0.717, 1.165) is 33.3 Å². The highest BCUT2D eigenvalue weighted by Gasteiger charge is 2.25. The lowest BCUT2D eigenvalue weighted by molar-refractivity contribution is 0.515. The molecular weight excluding hydrogens is 410 g/mol. The van der Waals surface area contributed by atoms with Crippen LogP contribution in [0.4, 0.5) is 8.78 Å². The van der Waals surface area contributed by atoms with Crippen LogP contribution in [0.1, 0.15) is 0 Å². The van der Waals surface area contributed by atoms with Crippen molar-refractivity contribution in [2.24, 2.45) is 0 Å². The average molecular weight is 424 g/mol. The molecule has 0 aliphatic heterocycles. The van der Waals surface area contributed by atoms with E-state index in [9.17, 15) is 0 Å². The van der Waals surface area contributed by atoms with Crippen LogP contribution in [0, 0.1) is 11.6 Å². The molecule has 0 saturated heterocycles. The minimum atomic E-state index is -0.904. The lowest BCUT2D eigenvalue weighted by atomic mass is 9.94. The topological polar surface area (TPSA) is 25.8 Å². The third-order valence-electron chi connectivity index (χ3n) is 5.67. The maximum atomic E-state index is 15.5. The first-order valence-electron chi connectivity index (χ1n) is 9.82. The zero-order valence-electron chi connectivity index (χ0n) is 16.1. The summed E-state index contributed by atoms with van der Waals surface area (Å²) in [6, 6.07) is 26.8. The molecule has 0 N–H and O–H groups in total. The molecule has 0 amide bonds. The Hall–Kier alpha value is -3.70. The largest absolute Gasteiger partial charge is 0.203 e. The molecule has 6 rings (SSSR count).